The molecule has 120 valence electrons. The molecule has 1 N–H and O–H groups in total. The van der Waals surface area contributed by atoms with Crippen molar-refractivity contribution in [2.24, 2.45) is 0 Å². The molecule has 1 aliphatic rings. The first kappa shape index (κ1) is 16.0. The molecule has 1 aromatic carbocycles. The molecule has 0 atom stereocenters. The Morgan fingerprint density at radius 2 is 2.30 bits per heavy atom. The molecule has 2 heterocycles. The Kier molecular flexibility index (Phi) is 4.63. The van der Waals surface area contributed by atoms with Crippen LogP contribution in [0, 0.1) is 6.92 Å². The number of carbonyl (C=O) groups is 2. The summed E-state index contributed by atoms with van der Waals surface area (Å²) in [6.07, 6.45) is 1.61. The summed E-state index contributed by atoms with van der Waals surface area (Å²) in [5.41, 5.74) is 2.21. The second kappa shape index (κ2) is 6.68. The van der Waals surface area contributed by atoms with Gasteiger partial charge < -0.3 is 5.32 Å². The van der Waals surface area contributed by atoms with Gasteiger partial charge in [0.15, 0.2) is 5.13 Å². The summed E-state index contributed by atoms with van der Waals surface area (Å²) >= 11 is 7.45. The quantitative estimate of drug-likeness (QED) is 0.920. The van der Waals surface area contributed by atoms with Gasteiger partial charge in [-0.25, -0.2) is 4.98 Å². The van der Waals surface area contributed by atoms with Gasteiger partial charge in [0.25, 0.3) is 0 Å². The van der Waals surface area contributed by atoms with E-state index in [9.17, 15) is 9.59 Å². The number of rotatable bonds is 4. The Hall–Kier alpha value is -1.92. The smallest absolute Gasteiger partial charge is 0.230 e. The minimum Gasteiger partial charge on any atom is -0.325 e. The van der Waals surface area contributed by atoms with Gasteiger partial charge in [0.2, 0.25) is 11.8 Å². The summed E-state index contributed by atoms with van der Waals surface area (Å²) in [7, 11) is 0. The summed E-state index contributed by atoms with van der Waals surface area (Å²) < 4.78 is 0. The van der Waals surface area contributed by atoms with Gasteiger partial charge in [-0.2, -0.15) is 0 Å². The monoisotopic (exact) mass is 349 g/mol. The Morgan fingerprint density at radius 3 is 3.04 bits per heavy atom. The second-order valence-corrected chi connectivity index (χ2v) is 6.65. The third kappa shape index (κ3) is 3.54. The predicted octanol–water partition coefficient (Wildman–Crippen LogP) is 3.41. The van der Waals surface area contributed by atoms with E-state index in [1.54, 1.807) is 17.0 Å². The number of aromatic nitrogens is 1. The Balaban J connectivity index is 1.65. The van der Waals surface area contributed by atoms with Crippen LogP contribution in [0.15, 0.2) is 23.6 Å². The van der Waals surface area contributed by atoms with Crippen molar-refractivity contribution in [2.75, 3.05) is 16.8 Å². The summed E-state index contributed by atoms with van der Waals surface area (Å²) in [4.78, 5) is 30.0. The molecule has 0 aliphatic carbocycles. The molecule has 0 unspecified atom stereocenters. The zero-order valence-electron chi connectivity index (χ0n) is 12.6. The number of amides is 2. The molecule has 1 saturated heterocycles. The van der Waals surface area contributed by atoms with Crippen LogP contribution < -0.4 is 10.2 Å². The van der Waals surface area contributed by atoms with Gasteiger partial charge in [-0.1, -0.05) is 17.7 Å². The molecule has 1 aliphatic heterocycles. The molecule has 5 nitrogen and oxygen atoms in total. The molecule has 2 aromatic rings. The van der Waals surface area contributed by atoms with Crippen molar-refractivity contribution in [1.82, 2.24) is 4.98 Å². The first-order chi connectivity index (χ1) is 11.0. The lowest BCUT2D eigenvalue weighted by Crippen LogP contribution is -2.23. The summed E-state index contributed by atoms with van der Waals surface area (Å²) in [5, 5.41) is 5.96. The van der Waals surface area contributed by atoms with Crippen molar-refractivity contribution in [3.05, 3.63) is 39.9 Å². The molecular formula is C16H16ClN3O2S. The van der Waals surface area contributed by atoms with E-state index < -0.39 is 0 Å². The maximum atomic E-state index is 12.2. The third-order valence-electron chi connectivity index (χ3n) is 3.73. The van der Waals surface area contributed by atoms with Gasteiger partial charge in [-0.05, 0) is 31.0 Å². The van der Waals surface area contributed by atoms with Gasteiger partial charge >= 0.3 is 0 Å². The molecule has 1 fully saturated rings. The number of benzene rings is 1. The van der Waals surface area contributed by atoms with Crippen LogP contribution in [0.1, 0.15) is 24.1 Å². The van der Waals surface area contributed by atoms with Crippen molar-refractivity contribution in [1.29, 1.82) is 0 Å². The van der Waals surface area contributed by atoms with Crippen molar-refractivity contribution in [3.8, 4) is 0 Å². The van der Waals surface area contributed by atoms with E-state index in [-0.39, 0.29) is 18.2 Å². The van der Waals surface area contributed by atoms with E-state index in [0.29, 0.717) is 34.5 Å². The lowest BCUT2D eigenvalue weighted by Gasteiger charge is -2.10. The Labute approximate surface area is 143 Å². The lowest BCUT2D eigenvalue weighted by molar-refractivity contribution is -0.117. The number of nitrogens with zero attached hydrogens (tertiary/aromatic N) is 2. The Morgan fingerprint density at radius 1 is 1.48 bits per heavy atom. The van der Waals surface area contributed by atoms with Gasteiger partial charge in [0.05, 0.1) is 12.1 Å². The molecule has 0 radical (unpaired) electrons. The van der Waals surface area contributed by atoms with E-state index in [4.69, 9.17) is 11.6 Å². The molecule has 1 aromatic heterocycles. The zero-order chi connectivity index (χ0) is 16.4. The number of thiazole rings is 1. The van der Waals surface area contributed by atoms with Crippen molar-refractivity contribution < 1.29 is 9.59 Å². The number of anilines is 2. The zero-order valence-corrected chi connectivity index (χ0v) is 14.2. The molecule has 0 spiro atoms. The van der Waals surface area contributed by atoms with E-state index >= 15 is 0 Å². The van der Waals surface area contributed by atoms with Gasteiger partial charge in [-0.3, -0.25) is 14.5 Å². The third-order valence-corrected chi connectivity index (χ3v) is 5.05. The highest BCUT2D eigenvalue weighted by Crippen LogP contribution is 2.26. The first-order valence-electron chi connectivity index (χ1n) is 7.34. The summed E-state index contributed by atoms with van der Waals surface area (Å²) in [6.45, 7) is 2.57. The number of nitrogens with one attached hydrogen (secondary N) is 1. The standard InChI is InChI=1S/C16H16ClN3O2S/c1-10-12(17)4-2-5-13(10)19-14(21)8-11-9-23-16(18-11)20-7-3-6-15(20)22/h2,4-5,9H,3,6-8H2,1H3,(H,19,21). The number of hydrogen-bond acceptors (Lipinski definition) is 4. The fourth-order valence-corrected chi connectivity index (χ4v) is 3.50. The molecule has 2 amide bonds. The summed E-state index contributed by atoms with van der Waals surface area (Å²) in [6, 6.07) is 5.39. The van der Waals surface area contributed by atoms with Crippen LogP contribution in [0.5, 0.6) is 0 Å². The van der Waals surface area contributed by atoms with Crippen molar-refractivity contribution in [2.45, 2.75) is 26.2 Å². The average molecular weight is 350 g/mol. The van der Waals surface area contributed by atoms with Crippen molar-refractivity contribution in [3.63, 3.8) is 0 Å². The second-order valence-electron chi connectivity index (χ2n) is 5.41. The van der Waals surface area contributed by atoms with E-state index in [1.807, 2.05) is 18.4 Å². The maximum absolute atomic E-state index is 12.2. The molecule has 3 rings (SSSR count). The van der Waals surface area contributed by atoms with Crippen LogP contribution in [-0.4, -0.2) is 23.3 Å². The van der Waals surface area contributed by atoms with Crippen LogP contribution in [0.4, 0.5) is 10.8 Å². The molecule has 0 saturated carbocycles. The Bertz CT molecular complexity index is 760. The molecule has 23 heavy (non-hydrogen) atoms. The minimum atomic E-state index is -0.153. The normalized spacial score (nSPS) is 14.3. The maximum Gasteiger partial charge on any atom is 0.230 e. The van der Waals surface area contributed by atoms with Gasteiger partial charge in [0.1, 0.15) is 0 Å². The number of hydrogen-bond donors (Lipinski definition) is 1. The van der Waals surface area contributed by atoms with Gasteiger partial charge in [-0.15, -0.1) is 11.3 Å². The number of halogens is 1. The SMILES string of the molecule is Cc1c(Cl)cccc1NC(=O)Cc1csc(N2CCCC2=O)n1. The fourth-order valence-electron chi connectivity index (χ4n) is 2.45. The van der Waals surface area contributed by atoms with Crippen LogP contribution in [-0.2, 0) is 16.0 Å². The van der Waals surface area contributed by atoms with Gasteiger partial charge in [0, 0.05) is 29.1 Å². The van der Waals surface area contributed by atoms with Crippen LogP contribution in [0.3, 0.4) is 0 Å². The van der Waals surface area contributed by atoms with Crippen LogP contribution >= 0.6 is 22.9 Å². The lowest BCUT2D eigenvalue weighted by atomic mass is 10.2. The van der Waals surface area contributed by atoms with E-state index in [2.05, 4.69) is 10.3 Å². The van der Waals surface area contributed by atoms with E-state index in [0.717, 1.165) is 12.0 Å². The highest BCUT2D eigenvalue weighted by Gasteiger charge is 2.24. The number of carbonyl (C=O) groups excluding carboxylic acids is 2. The first-order valence-corrected chi connectivity index (χ1v) is 8.60. The molecular weight excluding hydrogens is 334 g/mol. The van der Waals surface area contributed by atoms with Crippen LogP contribution in [0.25, 0.3) is 0 Å². The highest BCUT2D eigenvalue weighted by molar-refractivity contribution is 7.14. The minimum absolute atomic E-state index is 0.102. The highest BCUT2D eigenvalue weighted by atomic mass is 35.5. The molecule has 0 bridgehead atoms. The predicted molar refractivity (Wildman–Crippen MR) is 92.2 cm³/mol. The van der Waals surface area contributed by atoms with E-state index in [1.165, 1.54) is 11.3 Å². The topological polar surface area (TPSA) is 62.3 Å². The van der Waals surface area contributed by atoms with Crippen LogP contribution in [0.2, 0.25) is 5.02 Å². The van der Waals surface area contributed by atoms with Crippen molar-refractivity contribution >= 4 is 45.6 Å². The largest absolute Gasteiger partial charge is 0.325 e. The summed E-state index contributed by atoms with van der Waals surface area (Å²) in [5.74, 6) is -0.0510. The fraction of sp³-hybridized carbons (Fsp3) is 0.312. The molecule has 7 heteroatoms. The average Bonchev–Trinajstić information content (AvgIpc) is 3.12.